The summed E-state index contributed by atoms with van der Waals surface area (Å²) in [5.41, 5.74) is 1.17. The molecule has 0 spiro atoms. The average molecular weight is 345 g/mol. The zero-order chi connectivity index (χ0) is 13.0. The van der Waals surface area contributed by atoms with E-state index in [0.717, 1.165) is 18.0 Å². The van der Waals surface area contributed by atoms with Gasteiger partial charge in [0.1, 0.15) is 0 Å². The van der Waals surface area contributed by atoms with Gasteiger partial charge in [-0.3, -0.25) is 0 Å². The average Bonchev–Trinajstić information content (AvgIpc) is 2.75. The number of hydrogen-bond donors (Lipinski definition) is 1. The van der Waals surface area contributed by atoms with E-state index in [1.807, 2.05) is 18.2 Å². The summed E-state index contributed by atoms with van der Waals surface area (Å²) >= 11 is 11.6. The zero-order valence-electron chi connectivity index (χ0n) is 10.1. The van der Waals surface area contributed by atoms with Crippen molar-refractivity contribution in [3.05, 3.63) is 55.6 Å². The van der Waals surface area contributed by atoms with Gasteiger partial charge in [-0.15, -0.1) is 11.3 Å². The Labute approximate surface area is 125 Å². The van der Waals surface area contributed by atoms with Gasteiger partial charge in [0.25, 0.3) is 0 Å². The summed E-state index contributed by atoms with van der Waals surface area (Å²) in [6.45, 7) is 3.05. The van der Waals surface area contributed by atoms with Gasteiger partial charge >= 0.3 is 0 Å². The fourth-order valence-electron chi connectivity index (χ4n) is 1.96. The molecular weight excluding hydrogens is 330 g/mol. The molecule has 1 atom stereocenters. The lowest BCUT2D eigenvalue weighted by Gasteiger charge is -2.18. The Kier molecular flexibility index (Phi) is 5.25. The summed E-state index contributed by atoms with van der Waals surface area (Å²) in [6.07, 6.45) is 0.966. The minimum absolute atomic E-state index is 0.272. The maximum Gasteiger partial charge on any atom is 0.0701 e. The second kappa shape index (κ2) is 6.71. The second-order valence-corrected chi connectivity index (χ2v) is 7.00. The normalized spacial score (nSPS) is 12.6. The fourth-order valence-corrected chi connectivity index (χ4v) is 3.75. The van der Waals surface area contributed by atoms with Crippen molar-refractivity contribution in [3.8, 4) is 0 Å². The van der Waals surface area contributed by atoms with Gasteiger partial charge in [-0.2, -0.15) is 0 Å². The second-order valence-electron chi connectivity index (χ2n) is 4.04. The van der Waals surface area contributed by atoms with Crippen LogP contribution in [0.5, 0.6) is 0 Å². The lowest BCUT2D eigenvalue weighted by molar-refractivity contribution is 0.553. The molecule has 2 rings (SSSR count). The molecule has 1 unspecified atom stereocenters. The van der Waals surface area contributed by atoms with E-state index in [9.17, 15) is 0 Å². The highest BCUT2D eigenvalue weighted by atomic mass is 79.9. The third-order valence-electron chi connectivity index (χ3n) is 2.77. The first kappa shape index (κ1) is 14.1. The number of rotatable bonds is 5. The number of hydrogen-bond acceptors (Lipinski definition) is 2. The minimum atomic E-state index is 0.272. The summed E-state index contributed by atoms with van der Waals surface area (Å²) in [5.74, 6) is 0. The highest BCUT2D eigenvalue weighted by Crippen LogP contribution is 2.29. The Bertz CT molecular complexity index is 512. The molecule has 18 heavy (non-hydrogen) atoms. The Morgan fingerprint density at radius 3 is 2.67 bits per heavy atom. The zero-order valence-corrected chi connectivity index (χ0v) is 13.3. The molecule has 0 amide bonds. The van der Waals surface area contributed by atoms with Crippen LogP contribution in [-0.4, -0.2) is 6.54 Å². The summed E-state index contributed by atoms with van der Waals surface area (Å²) in [5, 5.41) is 4.34. The van der Waals surface area contributed by atoms with Crippen LogP contribution in [0.4, 0.5) is 0 Å². The van der Waals surface area contributed by atoms with Gasteiger partial charge < -0.3 is 5.32 Å². The van der Waals surface area contributed by atoms with Crippen LogP contribution in [0, 0.1) is 0 Å². The Balaban J connectivity index is 2.20. The fraction of sp³-hybridized carbons (Fsp3) is 0.286. The van der Waals surface area contributed by atoms with Crippen LogP contribution < -0.4 is 5.32 Å². The summed E-state index contributed by atoms with van der Waals surface area (Å²) in [6, 6.07) is 12.6. The van der Waals surface area contributed by atoms with Gasteiger partial charge in [-0.05, 0) is 46.2 Å². The molecule has 0 aliphatic carbocycles. The Morgan fingerprint density at radius 2 is 2.06 bits per heavy atom. The predicted molar refractivity (Wildman–Crippen MR) is 83.6 cm³/mol. The molecule has 4 heteroatoms. The van der Waals surface area contributed by atoms with E-state index in [0.29, 0.717) is 0 Å². The molecule has 0 fully saturated rings. The molecule has 0 bridgehead atoms. The van der Waals surface area contributed by atoms with Gasteiger partial charge in [0.2, 0.25) is 0 Å². The van der Waals surface area contributed by atoms with Gasteiger partial charge in [-0.25, -0.2) is 0 Å². The maximum atomic E-state index is 6.28. The van der Waals surface area contributed by atoms with Gasteiger partial charge in [0.05, 0.1) is 3.79 Å². The van der Waals surface area contributed by atoms with Crippen molar-refractivity contribution in [2.75, 3.05) is 6.54 Å². The van der Waals surface area contributed by atoms with E-state index >= 15 is 0 Å². The molecule has 0 radical (unpaired) electrons. The van der Waals surface area contributed by atoms with Gasteiger partial charge in [-0.1, -0.05) is 36.7 Å². The maximum absolute atomic E-state index is 6.28. The number of thiophene rings is 1. The molecule has 0 aliphatic rings. The van der Waals surface area contributed by atoms with E-state index < -0.39 is 0 Å². The van der Waals surface area contributed by atoms with E-state index in [-0.39, 0.29) is 6.04 Å². The third kappa shape index (κ3) is 3.58. The molecule has 1 N–H and O–H groups in total. The molecule has 1 aromatic heterocycles. The summed E-state index contributed by atoms with van der Waals surface area (Å²) in [4.78, 5) is 1.35. The van der Waals surface area contributed by atoms with Crippen molar-refractivity contribution in [2.24, 2.45) is 0 Å². The lowest BCUT2D eigenvalue weighted by Crippen LogP contribution is -2.22. The SMILES string of the molecule is CCNC(Cc1ccc(Br)s1)c1ccccc1Cl. The lowest BCUT2D eigenvalue weighted by atomic mass is 10.0. The van der Waals surface area contributed by atoms with Crippen molar-refractivity contribution >= 4 is 38.9 Å². The van der Waals surface area contributed by atoms with E-state index in [1.54, 1.807) is 11.3 Å². The summed E-state index contributed by atoms with van der Waals surface area (Å²) < 4.78 is 1.17. The monoisotopic (exact) mass is 343 g/mol. The van der Waals surface area contributed by atoms with Crippen LogP contribution in [-0.2, 0) is 6.42 Å². The molecule has 0 saturated heterocycles. The van der Waals surface area contributed by atoms with E-state index in [1.165, 1.54) is 14.2 Å². The first-order chi connectivity index (χ1) is 8.70. The number of benzene rings is 1. The first-order valence-electron chi connectivity index (χ1n) is 5.92. The first-order valence-corrected chi connectivity index (χ1v) is 7.91. The predicted octanol–water partition coefficient (Wildman–Crippen LogP) is 5.06. The molecule has 2 aromatic rings. The standard InChI is InChI=1S/C14H15BrClNS/c1-2-17-13(9-10-7-8-14(15)18-10)11-5-3-4-6-12(11)16/h3-8,13,17H,2,9H2,1H3. The van der Waals surface area contributed by atoms with Crippen molar-refractivity contribution < 1.29 is 0 Å². The van der Waals surface area contributed by atoms with Crippen molar-refractivity contribution in [1.29, 1.82) is 0 Å². The number of likely N-dealkylation sites (N-methyl/N-ethyl adjacent to an activating group) is 1. The van der Waals surface area contributed by atoms with Crippen LogP contribution in [0.15, 0.2) is 40.2 Å². The van der Waals surface area contributed by atoms with Crippen LogP contribution in [0.3, 0.4) is 0 Å². The van der Waals surface area contributed by atoms with Crippen LogP contribution >= 0.6 is 38.9 Å². The number of nitrogens with one attached hydrogen (secondary N) is 1. The molecular formula is C14H15BrClNS. The Morgan fingerprint density at radius 1 is 1.28 bits per heavy atom. The highest BCUT2D eigenvalue weighted by molar-refractivity contribution is 9.11. The van der Waals surface area contributed by atoms with E-state index in [2.05, 4.69) is 46.4 Å². The topological polar surface area (TPSA) is 12.0 Å². The molecule has 96 valence electrons. The minimum Gasteiger partial charge on any atom is -0.310 e. The third-order valence-corrected chi connectivity index (χ3v) is 4.76. The summed E-state index contributed by atoms with van der Waals surface area (Å²) in [7, 11) is 0. The van der Waals surface area contributed by atoms with Crippen molar-refractivity contribution in [2.45, 2.75) is 19.4 Å². The van der Waals surface area contributed by atoms with Crippen molar-refractivity contribution in [1.82, 2.24) is 5.32 Å². The molecule has 1 heterocycles. The van der Waals surface area contributed by atoms with Crippen LogP contribution in [0.25, 0.3) is 0 Å². The van der Waals surface area contributed by atoms with Gasteiger partial charge in [0, 0.05) is 22.4 Å². The molecule has 1 nitrogen and oxygen atoms in total. The highest BCUT2D eigenvalue weighted by Gasteiger charge is 2.14. The quantitative estimate of drug-likeness (QED) is 0.799. The van der Waals surface area contributed by atoms with Gasteiger partial charge in [0.15, 0.2) is 0 Å². The largest absolute Gasteiger partial charge is 0.310 e. The smallest absolute Gasteiger partial charge is 0.0701 e. The molecule has 0 aliphatic heterocycles. The Hall–Kier alpha value is -0.350. The van der Waals surface area contributed by atoms with Crippen LogP contribution in [0.1, 0.15) is 23.4 Å². The van der Waals surface area contributed by atoms with E-state index in [4.69, 9.17) is 11.6 Å². The number of halogens is 2. The molecule has 0 saturated carbocycles. The van der Waals surface area contributed by atoms with Crippen LogP contribution in [0.2, 0.25) is 5.02 Å². The van der Waals surface area contributed by atoms with Crippen molar-refractivity contribution in [3.63, 3.8) is 0 Å². The molecule has 1 aromatic carbocycles.